The van der Waals surface area contributed by atoms with Crippen molar-refractivity contribution in [1.29, 1.82) is 0 Å². The van der Waals surface area contributed by atoms with E-state index in [4.69, 9.17) is 23.2 Å². The van der Waals surface area contributed by atoms with Crippen LogP contribution in [0.5, 0.6) is 0 Å². The maximum atomic E-state index is 13.0. The Balaban J connectivity index is 1.47. The number of carbonyl (C=O) groups is 1. The van der Waals surface area contributed by atoms with Crippen molar-refractivity contribution in [3.05, 3.63) is 86.3 Å². The summed E-state index contributed by atoms with van der Waals surface area (Å²) in [6.45, 7) is 1.27. The molecule has 1 aliphatic rings. The number of hydrogen-bond acceptors (Lipinski definition) is 5. The van der Waals surface area contributed by atoms with Gasteiger partial charge in [-0.3, -0.25) is 9.59 Å². The number of carbonyl (C=O) groups excluding carboxylic acids is 1. The van der Waals surface area contributed by atoms with Gasteiger partial charge in [-0.25, -0.2) is 17.8 Å². The zero-order chi connectivity index (χ0) is 23.8. The van der Waals surface area contributed by atoms with Crippen LogP contribution in [0.2, 0.25) is 10.0 Å². The van der Waals surface area contributed by atoms with E-state index in [1.807, 2.05) is 30.3 Å². The largest absolute Gasteiger partial charge is 0.324 e. The molecule has 2 N–H and O–H groups in total. The first kappa shape index (κ1) is 23.4. The van der Waals surface area contributed by atoms with Crippen LogP contribution in [0.15, 0.2) is 64.4 Å². The Morgan fingerprint density at radius 3 is 2.64 bits per heavy atom. The third-order valence-corrected chi connectivity index (χ3v) is 7.70. The lowest BCUT2D eigenvalue weighted by molar-refractivity contribution is -0.117. The second-order valence-corrected chi connectivity index (χ2v) is 10.2. The van der Waals surface area contributed by atoms with Crippen LogP contribution in [0.4, 0.5) is 5.69 Å². The molecular formula is C22H20Cl2N4O4S. The predicted octanol–water partition coefficient (Wildman–Crippen LogP) is 3.33. The van der Waals surface area contributed by atoms with Gasteiger partial charge in [0.1, 0.15) is 11.6 Å². The number of rotatable bonds is 7. The molecule has 1 aromatic heterocycles. The van der Waals surface area contributed by atoms with Gasteiger partial charge in [-0.2, -0.15) is 5.10 Å². The average Bonchev–Trinajstić information content (AvgIpc) is 3.54. The lowest BCUT2D eigenvalue weighted by Gasteiger charge is -2.12. The second kappa shape index (κ2) is 9.26. The molecule has 8 nitrogen and oxygen atoms in total. The molecule has 0 aliphatic heterocycles. The zero-order valence-corrected chi connectivity index (χ0v) is 19.8. The molecule has 4 rings (SSSR count). The molecule has 172 valence electrons. The Morgan fingerprint density at radius 2 is 1.91 bits per heavy atom. The van der Waals surface area contributed by atoms with Gasteiger partial charge in [-0.15, -0.1) is 0 Å². The van der Waals surface area contributed by atoms with Crippen LogP contribution in [0.3, 0.4) is 0 Å². The Kier molecular flexibility index (Phi) is 6.58. The van der Waals surface area contributed by atoms with Gasteiger partial charge in [0, 0.05) is 17.6 Å². The Labute approximate surface area is 200 Å². The van der Waals surface area contributed by atoms with E-state index in [2.05, 4.69) is 15.1 Å². The highest BCUT2D eigenvalue weighted by atomic mass is 35.5. The summed E-state index contributed by atoms with van der Waals surface area (Å²) in [5, 5.41) is 6.13. The van der Waals surface area contributed by atoms with Gasteiger partial charge in [0.05, 0.1) is 16.1 Å². The fourth-order valence-electron chi connectivity index (χ4n) is 3.52. The summed E-state index contributed by atoms with van der Waals surface area (Å²) in [6.07, 6.45) is 1.89. The summed E-state index contributed by atoms with van der Waals surface area (Å²) in [5.74, 6) is -0.435. The molecule has 1 amide bonds. The van der Waals surface area contributed by atoms with Crippen LogP contribution < -0.4 is 15.6 Å². The van der Waals surface area contributed by atoms with Crippen molar-refractivity contribution in [2.75, 3.05) is 5.32 Å². The molecule has 2 aromatic carbocycles. The summed E-state index contributed by atoms with van der Waals surface area (Å²) in [6, 6.07) is 14.1. The van der Waals surface area contributed by atoms with Crippen molar-refractivity contribution in [1.82, 2.24) is 14.5 Å². The second-order valence-electron chi connectivity index (χ2n) is 7.78. The molecule has 0 radical (unpaired) electrons. The van der Waals surface area contributed by atoms with Gasteiger partial charge in [-0.1, -0.05) is 59.6 Å². The third kappa shape index (κ3) is 5.27. The molecule has 1 heterocycles. The van der Waals surface area contributed by atoms with Gasteiger partial charge in [0.2, 0.25) is 15.9 Å². The van der Waals surface area contributed by atoms with E-state index >= 15 is 0 Å². The Morgan fingerprint density at radius 1 is 1.18 bits per heavy atom. The molecule has 1 aliphatic carbocycles. The highest BCUT2D eigenvalue weighted by molar-refractivity contribution is 7.89. The topological polar surface area (TPSA) is 110 Å². The van der Waals surface area contributed by atoms with Gasteiger partial charge in [0.15, 0.2) is 0 Å². The SMILES string of the molecule is Cc1ccc(NC(=O)Cn2ncc(Cl)c(Cl)c2=O)cc1S(=O)(=O)N[C@H]1C[C@H]1c1ccccc1. The summed E-state index contributed by atoms with van der Waals surface area (Å²) < 4.78 is 29.7. The van der Waals surface area contributed by atoms with Crippen molar-refractivity contribution in [3.8, 4) is 0 Å². The number of benzene rings is 2. The first-order chi connectivity index (χ1) is 15.7. The molecule has 1 fully saturated rings. The first-order valence-electron chi connectivity index (χ1n) is 10.0. The lowest BCUT2D eigenvalue weighted by atomic mass is 10.1. The molecular weight excluding hydrogens is 487 g/mol. The summed E-state index contributed by atoms with van der Waals surface area (Å²) in [4.78, 5) is 24.5. The number of nitrogens with one attached hydrogen (secondary N) is 2. The number of aromatic nitrogens is 2. The molecule has 11 heteroatoms. The van der Waals surface area contributed by atoms with Crippen molar-refractivity contribution in [2.24, 2.45) is 0 Å². The van der Waals surface area contributed by atoms with E-state index in [0.717, 1.165) is 16.7 Å². The van der Waals surface area contributed by atoms with E-state index in [-0.39, 0.29) is 32.6 Å². The predicted molar refractivity (Wildman–Crippen MR) is 126 cm³/mol. The number of sulfonamides is 1. The van der Waals surface area contributed by atoms with Crippen LogP contribution in [0, 0.1) is 6.92 Å². The average molecular weight is 507 g/mol. The fourth-order valence-corrected chi connectivity index (χ4v) is 5.35. The van der Waals surface area contributed by atoms with Crippen LogP contribution in [-0.4, -0.2) is 30.1 Å². The number of hydrogen-bond donors (Lipinski definition) is 2. The number of aryl methyl sites for hydroxylation is 1. The monoisotopic (exact) mass is 506 g/mol. The molecule has 2 atom stereocenters. The number of halogens is 2. The molecule has 1 saturated carbocycles. The Bertz CT molecular complexity index is 1380. The smallest absolute Gasteiger partial charge is 0.287 e. The summed E-state index contributed by atoms with van der Waals surface area (Å²) in [7, 11) is -3.80. The molecule has 0 unspecified atom stereocenters. The minimum atomic E-state index is -3.80. The van der Waals surface area contributed by atoms with E-state index in [1.54, 1.807) is 19.1 Å². The van der Waals surface area contributed by atoms with Crippen LogP contribution in [0.1, 0.15) is 23.5 Å². The molecule has 0 spiro atoms. The summed E-state index contributed by atoms with van der Waals surface area (Å²) in [5.41, 5.74) is 1.21. The highest BCUT2D eigenvalue weighted by Crippen LogP contribution is 2.41. The van der Waals surface area contributed by atoms with Crippen LogP contribution in [-0.2, 0) is 21.4 Å². The first-order valence-corrected chi connectivity index (χ1v) is 12.3. The van der Waals surface area contributed by atoms with Gasteiger partial charge in [-0.05, 0) is 36.6 Å². The molecule has 0 saturated heterocycles. The fraction of sp³-hybridized carbons (Fsp3) is 0.227. The number of amides is 1. The van der Waals surface area contributed by atoms with Crippen LogP contribution >= 0.6 is 23.2 Å². The quantitative estimate of drug-likeness (QED) is 0.510. The van der Waals surface area contributed by atoms with E-state index in [1.165, 1.54) is 12.3 Å². The molecule has 33 heavy (non-hydrogen) atoms. The normalized spacial score (nSPS) is 17.5. The third-order valence-electron chi connectivity index (χ3n) is 5.32. The van der Waals surface area contributed by atoms with Gasteiger partial charge < -0.3 is 5.32 Å². The van der Waals surface area contributed by atoms with Crippen molar-refractivity contribution < 1.29 is 13.2 Å². The van der Waals surface area contributed by atoms with Crippen molar-refractivity contribution >= 4 is 44.8 Å². The van der Waals surface area contributed by atoms with Crippen LogP contribution in [0.25, 0.3) is 0 Å². The van der Waals surface area contributed by atoms with Crippen molar-refractivity contribution in [3.63, 3.8) is 0 Å². The maximum absolute atomic E-state index is 13.0. The van der Waals surface area contributed by atoms with Crippen molar-refractivity contribution in [2.45, 2.75) is 36.7 Å². The summed E-state index contributed by atoms with van der Waals surface area (Å²) >= 11 is 11.5. The van der Waals surface area contributed by atoms with E-state index in [0.29, 0.717) is 5.56 Å². The van der Waals surface area contributed by atoms with Gasteiger partial charge in [0.25, 0.3) is 5.56 Å². The minimum Gasteiger partial charge on any atom is -0.324 e. The van der Waals surface area contributed by atoms with E-state index in [9.17, 15) is 18.0 Å². The minimum absolute atomic E-state index is 0.00984. The number of nitrogens with zero attached hydrogens (tertiary/aromatic N) is 2. The standard InChI is InChI=1S/C22H20Cl2N4O4S/c1-13-7-8-15(26-20(29)12-28-22(30)21(24)17(23)11-25-28)9-19(13)33(31,32)27-18-10-16(18)14-5-3-2-4-6-14/h2-9,11,16,18,27H,10,12H2,1H3,(H,26,29)/t16-,18-/m0/s1. The van der Waals surface area contributed by atoms with Gasteiger partial charge >= 0.3 is 0 Å². The van der Waals surface area contributed by atoms with E-state index < -0.39 is 28.0 Å². The zero-order valence-electron chi connectivity index (χ0n) is 17.5. The maximum Gasteiger partial charge on any atom is 0.287 e. The molecule has 3 aromatic rings. The lowest BCUT2D eigenvalue weighted by Crippen LogP contribution is -2.30. The highest BCUT2D eigenvalue weighted by Gasteiger charge is 2.41. The molecule has 0 bridgehead atoms. The number of anilines is 1. The Hall–Kier alpha value is -2.72.